The minimum absolute atomic E-state index is 1.26. The Bertz CT molecular complexity index is 670. The van der Waals surface area contributed by atoms with E-state index in [1.165, 1.54) is 154 Å². The van der Waals surface area contributed by atoms with Gasteiger partial charge in [0.2, 0.25) is 0 Å². The summed E-state index contributed by atoms with van der Waals surface area (Å²) < 4.78 is 5.57. The molecule has 37 heavy (non-hydrogen) atoms. The first-order valence-corrected chi connectivity index (χ1v) is 18.7. The van der Waals surface area contributed by atoms with Gasteiger partial charge in [0.25, 0.3) is 0 Å². The van der Waals surface area contributed by atoms with E-state index in [1.807, 2.05) is 11.6 Å². The van der Waals surface area contributed by atoms with Crippen LogP contribution in [0.3, 0.4) is 0 Å². The fourth-order valence-corrected chi connectivity index (χ4v) is 11.4. The number of hydrogen-bond acceptors (Lipinski definition) is 0. The molecule has 0 N–H and O–H groups in total. The molecule has 0 aliphatic heterocycles. The van der Waals surface area contributed by atoms with Crippen molar-refractivity contribution in [2.75, 3.05) is 0 Å². The Morgan fingerprint density at radius 3 is 0.919 bits per heavy atom. The summed E-state index contributed by atoms with van der Waals surface area (Å²) in [5.41, 5.74) is 0. The molecule has 0 saturated heterocycles. The van der Waals surface area contributed by atoms with Crippen molar-refractivity contribution < 1.29 is 17.9 Å². The normalized spacial score (nSPS) is 29.7. The molecular formula is C36H57Ti. The van der Waals surface area contributed by atoms with Crippen LogP contribution in [0.25, 0.3) is 0 Å². The van der Waals surface area contributed by atoms with Crippen molar-refractivity contribution in [3.63, 3.8) is 0 Å². The Morgan fingerprint density at radius 1 is 0.324 bits per heavy atom. The number of hydrogen-bond donors (Lipinski definition) is 0. The first-order chi connectivity index (χ1) is 18.4. The predicted molar refractivity (Wildman–Crippen MR) is 162 cm³/mol. The molecule has 0 bridgehead atoms. The van der Waals surface area contributed by atoms with Gasteiger partial charge < -0.3 is 0 Å². The summed E-state index contributed by atoms with van der Waals surface area (Å²) in [7, 11) is 0. The van der Waals surface area contributed by atoms with Gasteiger partial charge in [0, 0.05) is 0 Å². The van der Waals surface area contributed by atoms with E-state index < -0.39 is 17.9 Å². The average molecular weight is 538 g/mol. The Hall–Kier alpha value is -0.846. The van der Waals surface area contributed by atoms with Gasteiger partial charge >= 0.3 is 238 Å². The molecule has 0 radical (unpaired) electrons. The van der Waals surface area contributed by atoms with E-state index in [9.17, 15) is 0 Å². The SMILES string of the molecule is C1=C/CCCCCCCC\[C]([Ti](/[C]2=C/C=C/CCCCCCCC2)/[C]2=C/C=C/CCCCCCCC2)=C/1. The third-order valence-corrected chi connectivity index (χ3v) is 13.4. The molecule has 0 unspecified atom stereocenters. The Labute approximate surface area is 237 Å². The van der Waals surface area contributed by atoms with Crippen molar-refractivity contribution >= 4 is 0 Å². The molecule has 0 aromatic rings. The maximum absolute atomic E-state index is 2.62. The van der Waals surface area contributed by atoms with E-state index in [2.05, 4.69) is 54.7 Å². The van der Waals surface area contributed by atoms with Gasteiger partial charge in [-0.1, -0.05) is 0 Å². The molecule has 0 heterocycles. The Morgan fingerprint density at radius 2 is 0.595 bits per heavy atom. The number of rotatable bonds is 3. The predicted octanol–water partition coefficient (Wildman–Crippen LogP) is 12.3. The number of allylic oxidation sites excluding steroid dienone is 12. The van der Waals surface area contributed by atoms with Crippen LogP contribution in [0.2, 0.25) is 0 Å². The quantitative estimate of drug-likeness (QED) is 0.314. The average Bonchev–Trinajstić information content (AvgIpc) is 2.88. The van der Waals surface area contributed by atoms with Gasteiger partial charge in [0.1, 0.15) is 0 Å². The maximum atomic E-state index is 2.62. The van der Waals surface area contributed by atoms with Crippen LogP contribution in [-0.4, -0.2) is 0 Å². The van der Waals surface area contributed by atoms with Gasteiger partial charge in [-0.05, 0) is 0 Å². The molecule has 0 aromatic heterocycles. The zero-order chi connectivity index (χ0) is 25.6. The summed E-state index contributed by atoms with van der Waals surface area (Å²) in [6.07, 6.45) is 55.8. The summed E-state index contributed by atoms with van der Waals surface area (Å²) in [6, 6.07) is 0. The van der Waals surface area contributed by atoms with Crippen molar-refractivity contribution in [3.05, 3.63) is 66.3 Å². The van der Waals surface area contributed by atoms with Gasteiger partial charge in [0.15, 0.2) is 0 Å². The van der Waals surface area contributed by atoms with Crippen LogP contribution < -0.4 is 0 Å². The molecule has 3 aliphatic carbocycles. The Balaban J connectivity index is 1.97. The van der Waals surface area contributed by atoms with Gasteiger partial charge in [-0.3, -0.25) is 0 Å². The van der Waals surface area contributed by atoms with Crippen LogP contribution >= 0.6 is 0 Å². The molecule has 3 rings (SSSR count). The zero-order valence-electron chi connectivity index (χ0n) is 24.2. The summed E-state index contributed by atoms with van der Waals surface area (Å²) in [4.78, 5) is 0. The topological polar surface area (TPSA) is 0 Å². The first kappa shape index (κ1) is 30.7. The molecule has 1 heteroatoms. The van der Waals surface area contributed by atoms with E-state index in [0.717, 1.165) is 0 Å². The van der Waals surface area contributed by atoms with Gasteiger partial charge in [-0.15, -0.1) is 0 Å². The van der Waals surface area contributed by atoms with Crippen molar-refractivity contribution in [2.24, 2.45) is 0 Å². The second-order valence-corrected chi connectivity index (χ2v) is 15.9. The first-order valence-electron chi connectivity index (χ1n) is 16.4. The minimum atomic E-state index is -1.75. The molecule has 3 aliphatic rings. The second-order valence-electron chi connectivity index (χ2n) is 11.7. The van der Waals surface area contributed by atoms with E-state index in [-0.39, 0.29) is 0 Å². The standard InChI is InChI=1S/3C12H19.Ti/c3*1-2-4-6-8-10-12-11-9-7-5-3-1;/h3*1-3H,4,6-12H2;/b3*2-1+,5-3?;. The van der Waals surface area contributed by atoms with Crippen molar-refractivity contribution in [1.82, 2.24) is 0 Å². The molecular weight excluding hydrogens is 480 g/mol. The molecule has 0 saturated carbocycles. The molecule has 0 nitrogen and oxygen atoms in total. The fourth-order valence-electron chi connectivity index (χ4n) is 6.19. The Kier molecular flexibility index (Phi) is 17.4. The zero-order valence-corrected chi connectivity index (χ0v) is 25.7. The van der Waals surface area contributed by atoms with Gasteiger partial charge in [-0.25, -0.2) is 0 Å². The molecule has 0 spiro atoms. The van der Waals surface area contributed by atoms with Gasteiger partial charge in [0.05, 0.1) is 0 Å². The van der Waals surface area contributed by atoms with E-state index >= 15 is 0 Å². The molecule has 0 aromatic carbocycles. The molecule has 0 amide bonds. The van der Waals surface area contributed by atoms with Crippen LogP contribution in [0.4, 0.5) is 0 Å². The van der Waals surface area contributed by atoms with Crippen LogP contribution in [0.1, 0.15) is 154 Å². The third-order valence-electron chi connectivity index (χ3n) is 8.46. The molecule has 0 fully saturated rings. The molecule has 0 atom stereocenters. The van der Waals surface area contributed by atoms with Crippen LogP contribution in [-0.2, 0) is 17.9 Å². The summed E-state index contributed by atoms with van der Waals surface area (Å²) in [6.45, 7) is 0. The fraction of sp³-hybridized carbons (Fsp3) is 0.667. The van der Waals surface area contributed by atoms with E-state index in [4.69, 9.17) is 0 Å². The molecule has 205 valence electrons. The second kappa shape index (κ2) is 21.0. The monoisotopic (exact) mass is 537 g/mol. The van der Waals surface area contributed by atoms with Crippen LogP contribution in [0.15, 0.2) is 66.3 Å². The summed E-state index contributed by atoms with van der Waals surface area (Å²) >= 11 is -1.75. The third kappa shape index (κ3) is 13.7. The summed E-state index contributed by atoms with van der Waals surface area (Å²) in [5.74, 6) is 0. The van der Waals surface area contributed by atoms with Crippen LogP contribution in [0, 0.1) is 0 Å². The van der Waals surface area contributed by atoms with Crippen LogP contribution in [0.5, 0.6) is 0 Å². The van der Waals surface area contributed by atoms with Crippen molar-refractivity contribution in [2.45, 2.75) is 154 Å². The van der Waals surface area contributed by atoms with Crippen molar-refractivity contribution in [3.8, 4) is 0 Å². The van der Waals surface area contributed by atoms with Crippen molar-refractivity contribution in [1.29, 1.82) is 0 Å². The van der Waals surface area contributed by atoms with E-state index in [0.29, 0.717) is 0 Å². The van der Waals surface area contributed by atoms with Gasteiger partial charge in [-0.2, -0.15) is 0 Å². The summed E-state index contributed by atoms with van der Waals surface area (Å²) in [5, 5.41) is 0. The van der Waals surface area contributed by atoms with E-state index in [1.54, 1.807) is 0 Å².